The second-order valence-electron chi connectivity index (χ2n) is 12.9. The molecule has 4 aromatic rings. The first-order chi connectivity index (χ1) is 28.7. The van der Waals surface area contributed by atoms with Gasteiger partial charge in [0, 0.05) is 40.3 Å². The van der Waals surface area contributed by atoms with Crippen LogP contribution in [0.4, 0.5) is 4.79 Å². The van der Waals surface area contributed by atoms with Gasteiger partial charge < -0.3 is 28.4 Å². The molecule has 0 fully saturated rings. The van der Waals surface area contributed by atoms with Crippen molar-refractivity contribution in [2.45, 2.75) is 33.8 Å². The number of esters is 4. The second kappa shape index (κ2) is 22.0. The van der Waals surface area contributed by atoms with Crippen LogP contribution in [0.3, 0.4) is 0 Å². The first kappa shape index (κ1) is 44.6. The van der Waals surface area contributed by atoms with Crippen LogP contribution in [0, 0.1) is 23.7 Å². The highest BCUT2D eigenvalue weighted by Gasteiger charge is 2.21. The highest BCUT2D eigenvalue weighted by atomic mass is 16.7. The van der Waals surface area contributed by atoms with E-state index in [1.54, 1.807) is 61.5 Å². The smallest absolute Gasteiger partial charge is 0.496 e. The number of hydrogen-bond donors (Lipinski definition) is 0. The van der Waals surface area contributed by atoms with Gasteiger partial charge in [-0.2, -0.15) is 0 Å². The van der Waals surface area contributed by atoms with Crippen molar-refractivity contribution in [3.8, 4) is 40.9 Å². The molecular weight excluding hydrogens is 765 g/mol. The van der Waals surface area contributed by atoms with Crippen LogP contribution < -0.4 is 14.2 Å². The Morgan fingerprint density at radius 2 is 1.13 bits per heavy atom. The lowest BCUT2D eigenvalue weighted by Crippen LogP contribution is -2.16. The normalized spacial score (nSPS) is 10.1. The van der Waals surface area contributed by atoms with E-state index in [-0.39, 0.29) is 52.7 Å². The van der Waals surface area contributed by atoms with E-state index in [1.165, 1.54) is 32.2 Å². The molecule has 0 bridgehead atoms. The van der Waals surface area contributed by atoms with Gasteiger partial charge in [-0.3, -0.25) is 0 Å². The van der Waals surface area contributed by atoms with Crippen LogP contribution in [0.25, 0.3) is 6.08 Å². The van der Waals surface area contributed by atoms with Crippen LogP contribution in [0.15, 0.2) is 140 Å². The van der Waals surface area contributed by atoms with Gasteiger partial charge in [-0.05, 0) is 92.1 Å². The van der Waals surface area contributed by atoms with Crippen molar-refractivity contribution in [3.63, 3.8) is 0 Å². The van der Waals surface area contributed by atoms with E-state index in [0.717, 1.165) is 22.8 Å². The predicted octanol–water partition coefficient (Wildman–Crippen LogP) is 8.53. The van der Waals surface area contributed by atoms with E-state index in [2.05, 4.69) is 54.7 Å². The highest BCUT2D eigenvalue weighted by molar-refractivity contribution is 5.94. The zero-order chi connectivity index (χ0) is 43.6. The summed E-state index contributed by atoms with van der Waals surface area (Å²) in [4.78, 5) is 60.1. The van der Waals surface area contributed by atoms with Crippen molar-refractivity contribution in [3.05, 3.63) is 179 Å². The maximum Gasteiger partial charge on any atom is 0.521 e. The summed E-state index contributed by atoms with van der Waals surface area (Å²) in [7, 11) is 0. The third-order valence-corrected chi connectivity index (χ3v) is 7.80. The number of benzene rings is 4. The molecule has 0 heterocycles. The summed E-state index contributed by atoms with van der Waals surface area (Å²) >= 11 is 0. The largest absolute Gasteiger partial charge is 0.521 e. The summed E-state index contributed by atoms with van der Waals surface area (Å²) in [5, 5.41) is 0. The van der Waals surface area contributed by atoms with E-state index < -0.39 is 30.0 Å². The predicted molar refractivity (Wildman–Crippen MR) is 224 cm³/mol. The molecule has 0 N–H and O–H groups in total. The SMILES string of the molecule is C=CC(=O)Oc1c(C#Cc2ccc(CO/C=C/c3ccc(OC(=O)OC(=O)C(=C)C)cc3)cc2)ccc(C#Cc2ccc(CCOC(=O)C(=C)C)cc2)c1OC(=O)C(=C)C. The Hall–Kier alpha value is -8.15. The lowest BCUT2D eigenvalue weighted by molar-refractivity contribution is -0.139. The van der Waals surface area contributed by atoms with Crippen LogP contribution in [0.2, 0.25) is 0 Å². The number of rotatable bonds is 14. The fourth-order valence-corrected chi connectivity index (χ4v) is 4.58. The van der Waals surface area contributed by atoms with E-state index in [4.69, 9.17) is 23.7 Å². The van der Waals surface area contributed by atoms with E-state index in [1.807, 2.05) is 24.3 Å². The molecule has 0 aliphatic heterocycles. The zero-order valence-corrected chi connectivity index (χ0v) is 33.3. The summed E-state index contributed by atoms with van der Waals surface area (Å²) in [6, 6.07) is 24.2. The molecule has 60 heavy (non-hydrogen) atoms. The summed E-state index contributed by atoms with van der Waals surface area (Å²) in [5.74, 6) is 9.15. The molecule has 0 radical (unpaired) electrons. The third kappa shape index (κ3) is 14.1. The molecular formula is C49H40O11. The van der Waals surface area contributed by atoms with Gasteiger partial charge in [-0.15, -0.1) is 0 Å². The van der Waals surface area contributed by atoms with Gasteiger partial charge in [0.15, 0.2) is 11.5 Å². The Bertz CT molecular complexity index is 2480. The van der Waals surface area contributed by atoms with Crippen LogP contribution in [0.5, 0.6) is 17.2 Å². The van der Waals surface area contributed by atoms with Crippen molar-refractivity contribution in [2.75, 3.05) is 6.61 Å². The number of carbonyl (C=O) groups is 5. The van der Waals surface area contributed by atoms with Gasteiger partial charge in [0.05, 0.1) is 24.0 Å². The van der Waals surface area contributed by atoms with Gasteiger partial charge in [0.25, 0.3) is 0 Å². The lowest BCUT2D eigenvalue weighted by Gasteiger charge is -2.13. The molecule has 0 saturated heterocycles. The minimum Gasteiger partial charge on any atom is -0.496 e. The standard InChI is InChI=1S/C49H40O11/c1-8-43(50)58-44-40(23-24-41(45(44)59-47(52)33(4)5)22-18-35-9-11-37(12-10-35)28-30-56-46(51)32(2)3)21-17-36-13-15-39(16-14-36)31-55-29-27-38-19-25-42(26-20-38)57-49(54)60-48(53)34(6)7/h8-16,19-20,23-27,29H,1-2,4,6,28,30-31H2,3,5,7H3/b29-27+. The molecule has 11 nitrogen and oxygen atoms in total. The molecule has 0 aromatic heterocycles. The molecule has 0 saturated carbocycles. The molecule has 0 unspecified atom stereocenters. The fraction of sp³-hybridized carbons (Fsp3) is 0.122. The zero-order valence-electron chi connectivity index (χ0n) is 33.3. The summed E-state index contributed by atoms with van der Waals surface area (Å²) in [6.07, 6.45) is 3.56. The van der Waals surface area contributed by atoms with Crippen molar-refractivity contribution in [2.24, 2.45) is 0 Å². The van der Waals surface area contributed by atoms with E-state index in [0.29, 0.717) is 23.1 Å². The Labute approximate surface area is 348 Å². The average Bonchev–Trinajstić information content (AvgIpc) is 3.23. The van der Waals surface area contributed by atoms with Crippen molar-refractivity contribution >= 4 is 36.1 Å². The van der Waals surface area contributed by atoms with Crippen LogP contribution in [0.1, 0.15) is 59.7 Å². The van der Waals surface area contributed by atoms with Crippen molar-refractivity contribution in [1.82, 2.24) is 0 Å². The summed E-state index contributed by atoms with van der Waals surface area (Å²) in [6.45, 7) is 19.1. The molecule has 0 amide bonds. The van der Waals surface area contributed by atoms with Crippen LogP contribution in [-0.4, -0.2) is 36.6 Å². The topological polar surface area (TPSA) is 141 Å². The fourth-order valence-electron chi connectivity index (χ4n) is 4.58. The summed E-state index contributed by atoms with van der Waals surface area (Å²) < 4.78 is 31.6. The Morgan fingerprint density at radius 1 is 0.600 bits per heavy atom. The van der Waals surface area contributed by atoms with Gasteiger partial charge in [-0.1, -0.05) is 86.4 Å². The highest BCUT2D eigenvalue weighted by Crippen LogP contribution is 2.36. The minimum absolute atomic E-state index is 0.0711. The summed E-state index contributed by atoms with van der Waals surface area (Å²) in [5.41, 5.74) is 4.82. The Morgan fingerprint density at radius 3 is 1.67 bits per heavy atom. The molecule has 0 spiro atoms. The molecule has 0 aliphatic rings. The number of hydrogen-bond acceptors (Lipinski definition) is 11. The quantitative estimate of drug-likeness (QED) is 0.0230. The van der Waals surface area contributed by atoms with Crippen LogP contribution in [-0.2, 0) is 46.4 Å². The minimum atomic E-state index is -1.16. The number of carbonyl (C=O) groups excluding carboxylic acids is 5. The monoisotopic (exact) mass is 804 g/mol. The van der Waals surface area contributed by atoms with Gasteiger partial charge in [0.2, 0.25) is 0 Å². The molecule has 0 aliphatic carbocycles. The maximum absolute atomic E-state index is 12.8. The van der Waals surface area contributed by atoms with E-state index in [9.17, 15) is 24.0 Å². The molecule has 4 rings (SSSR count). The first-order valence-electron chi connectivity index (χ1n) is 18.1. The van der Waals surface area contributed by atoms with Gasteiger partial charge >= 0.3 is 30.0 Å². The number of ether oxygens (including phenoxy) is 6. The van der Waals surface area contributed by atoms with Crippen molar-refractivity contribution < 1.29 is 52.4 Å². The molecule has 302 valence electrons. The van der Waals surface area contributed by atoms with Crippen molar-refractivity contribution in [1.29, 1.82) is 0 Å². The Balaban J connectivity index is 1.47. The molecule has 11 heteroatoms. The lowest BCUT2D eigenvalue weighted by atomic mass is 10.1. The molecule has 0 atom stereocenters. The van der Waals surface area contributed by atoms with Gasteiger partial charge in [-0.25, -0.2) is 24.0 Å². The first-order valence-corrected chi connectivity index (χ1v) is 18.1. The Kier molecular flexibility index (Phi) is 16.3. The third-order valence-electron chi connectivity index (χ3n) is 7.80. The maximum atomic E-state index is 12.8. The second-order valence-corrected chi connectivity index (χ2v) is 12.9. The van der Waals surface area contributed by atoms with Gasteiger partial charge in [0.1, 0.15) is 12.4 Å². The average molecular weight is 805 g/mol. The van der Waals surface area contributed by atoms with E-state index >= 15 is 0 Å². The molecule has 4 aromatic carbocycles. The van der Waals surface area contributed by atoms with Crippen LogP contribution >= 0.6 is 0 Å².